The molecule has 37 heavy (non-hydrogen) atoms. The number of hydrogen-bond donors (Lipinski definition) is 0. The van der Waals surface area contributed by atoms with Gasteiger partial charge in [0.1, 0.15) is 17.3 Å². The number of hydrogen-bond acceptors (Lipinski definition) is 5. The van der Waals surface area contributed by atoms with E-state index in [1.54, 1.807) is 31.2 Å². The molecule has 3 aromatic rings. The highest BCUT2D eigenvalue weighted by atomic mass is 35.5. The van der Waals surface area contributed by atoms with E-state index in [4.69, 9.17) is 30.5 Å². The first-order valence-corrected chi connectivity index (χ1v) is 13.0. The average Bonchev–Trinajstić information content (AvgIpc) is 2.86. The van der Waals surface area contributed by atoms with Crippen LogP contribution in [-0.4, -0.2) is 25.3 Å². The second-order valence-corrected chi connectivity index (χ2v) is 9.19. The Kier molecular flexibility index (Phi) is 10.6. The van der Waals surface area contributed by atoms with Crippen LogP contribution in [0.3, 0.4) is 0 Å². The van der Waals surface area contributed by atoms with Crippen molar-refractivity contribution in [1.29, 1.82) is 0 Å². The molecule has 3 rings (SSSR count). The predicted molar refractivity (Wildman–Crippen MR) is 144 cm³/mol. The lowest BCUT2D eigenvalue weighted by Gasteiger charge is -2.19. The Labute approximate surface area is 223 Å². The molecule has 0 fully saturated rings. The van der Waals surface area contributed by atoms with Crippen molar-refractivity contribution in [1.82, 2.24) is 0 Å². The standard InChI is InChI=1S/C30H34ClFO5/c1-5-22-18-26(11-7-23(22)8-14-30(33)34-6-2)35-16-15-21(4)36-28-12-9-24(31)19-29(28)37-27-13-10-25(32)17-20(27)3/h7,9-13,17-19,21H,5-6,8,14-16H2,1-4H3. The van der Waals surface area contributed by atoms with Gasteiger partial charge in [-0.15, -0.1) is 0 Å². The zero-order valence-electron chi connectivity index (χ0n) is 21.8. The first-order chi connectivity index (χ1) is 17.8. The summed E-state index contributed by atoms with van der Waals surface area (Å²) >= 11 is 6.18. The van der Waals surface area contributed by atoms with Gasteiger partial charge in [0, 0.05) is 23.9 Å². The van der Waals surface area contributed by atoms with Gasteiger partial charge in [0.2, 0.25) is 0 Å². The number of carbonyl (C=O) groups is 1. The molecule has 7 heteroatoms. The van der Waals surface area contributed by atoms with Gasteiger partial charge in [0.25, 0.3) is 0 Å². The zero-order valence-corrected chi connectivity index (χ0v) is 22.6. The smallest absolute Gasteiger partial charge is 0.306 e. The summed E-state index contributed by atoms with van der Waals surface area (Å²) < 4.78 is 36.6. The van der Waals surface area contributed by atoms with Crippen molar-refractivity contribution >= 4 is 17.6 Å². The quantitative estimate of drug-likeness (QED) is 0.211. The second kappa shape index (κ2) is 13.9. The highest BCUT2D eigenvalue weighted by molar-refractivity contribution is 6.30. The summed E-state index contributed by atoms with van der Waals surface area (Å²) in [5, 5.41) is 0.510. The Morgan fingerprint density at radius 2 is 1.76 bits per heavy atom. The van der Waals surface area contributed by atoms with Crippen LogP contribution in [0.1, 0.15) is 50.3 Å². The Balaban J connectivity index is 1.56. The second-order valence-electron chi connectivity index (χ2n) is 8.76. The van der Waals surface area contributed by atoms with Gasteiger partial charge in [-0.05, 0) is 92.8 Å². The van der Waals surface area contributed by atoms with Crippen LogP contribution in [0.25, 0.3) is 0 Å². The maximum Gasteiger partial charge on any atom is 0.306 e. The summed E-state index contributed by atoms with van der Waals surface area (Å²) in [6, 6.07) is 15.5. The molecule has 0 saturated carbocycles. The summed E-state index contributed by atoms with van der Waals surface area (Å²) in [4.78, 5) is 11.7. The maximum atomic E-state index is 13.5. The Morgan fingerprint density at radius 1 is 0.973 bits per heavy atom. The van der Waals surface area contributed by atoms with E-state index in [0.29, 0.717) is 60.3 Å². The molecule has 0 spiro atoms. The summed E-state index contributed by atoms with van der Waals surface area (Å²) in [7, 11) is 0. The van der Waals surface area contributed by atoms with Gasteiger partial charge in [-0.1, -0.05) is 24.6 Å². The van der Waals surface area contributed by atoms with Gasteiger partial charge in [0.05, 0.1) is 19.3 Å². The number of benzene rings is 3. The monoisotopic (exact) mass is 528 g/mol. The topological polar surface area (TPSA) is 54.0 Å². The van der Waals surface area contributed by atoms with Crippen molar-refractivity contribution in [2.45, 2.75) is 59.5 Å². The van der Waals surface area contributed by atoms with Crippen LogP contribution in [-0.2, 0) is 22.4 Å². The number of ether oxygens (including phenoxy) is 4. The van der Waals surface area contributed by atoms with E-state index in [-0.39, 0.29) is 17.9 Å². The van der Waals surface area contributed by atoms with Crippen LogP contribution < -0.4 is 14.2 Å². The van der Waals surface area contributed by atoms with E-state index in [1.807, 2.05) is 32.0 Å². The van der Waals surface area contributed by atoms with Gasteiger partial charge in [-0.3, -0.25) is 4.79 Å². The van der Waals surface area contributed by atoms with E-state index in [2.05, 4.69) is 6.92 Å². The number of carbonyl (C=O) groups excluding carboxylic acids is 1. The molecule has 5 nitrogen and oxygen atoms in total. The van der Waals surface area contributed by atoms with Gasteiger partial charge in [-0.25, -0.2) is 4.39 Å². The molecule has 1 unspecified atom stereocenters. The zero-order chi connectivity index (χ0) is 26.8. The molecule has 0 N–H and O–H groups in total. The minimum Gasteiger partial charge on any atom is -0.493 e. The summed E-state index contributed by atoms with van der Waals surface area (Å²) in [5.41, 5.74) is 2.96. The fourth-order valence-electron chi connectivity index (χ4n) is 3.86. The summed E-state index contributed by atoms with van der Waals surface area (Å²) in [6.45, 7) is 8.50. The number of aryl methyl sites for hydroxylation is 3. The van der Waals surface area contributed by atoms with Crippen molar-refractivity contribution in [3.8, 4) is 23.0 Å². The molecular formula is C30H34ClFO5. The van der Waals surface area contributed by atoms with E-state index >= 15 is 0 Å². The van der Waals surface area contributed by atoms with E-state index < -0.39 is 0 Å². The van der Waals surface area contributed by atoms with E-state index in [1.165, 1.54) is 12.1 Å². The first kappa shape index (κ1) is 28.3. The Hall–Kier alpha value is -3.25. The molecule has 0 aliphatic carbocycles. The molecule has 0 aliphatic heterocycles. The van der Waals surface area contributed by atoms with Crippen molar-refractivity contribution in [2.75, 3.05) is 13.2 Å². The predicted octanol–water partition coefficient (Wildman–Crippen LogP) is 7.87. The number of halogens is 2. The fraction of sp³-hybridized carbons (Fsp3) is 0.367. The van der Waals surface area contributed by atoms with Crippen LogP contribution in [0.5, 0.6) is 23.0 Å². The largest absolute Gasteiger partial charge is 0.493 e. The molecule has 0 aliphatic rings. The average molecular weight is 529 g/mol. The van der Waals surface area contributed by atoms with Crippen LogP contribution in [0.2, 0.25) is 5.02 Å². The van der Waals surface area contributed by atoms with Crippen LogP contribution in [0.15, 0.2) is 54.6 Å². The van der Waals surface area contributed by atoms with Crippen molar-refractivity contribution < 1.29 is 28.1 Å². The van der Waals surface area contributed by atoms with Crippen LogP contribution in [0, 0.1) is 12.7 Å². The number of rotatable bonds is 13. The lowest BCUT2D eigenvalue weighted by atomic mass is 10.0. The van der Waals surface area contributed by atoms with Crippen LogP contribution >= 0.6 is 11.6 Å². The summed E-state index contributed by atoms with van der Waals surface area (Å²) in [5.74, 6) is 1.81. The first-order valence-electron chi connectivity index (χ1n) is 12.6. The molecular weight excluding hydrogens is 495 g/mol. The van der Waals surface area contributed by atoms with Gasteiger partial charge >= 0.3 is 5.97 Å². The molecule has 0 bridgehead atoms. The SMILES string of the molecule is CCOC(=O)CCc1ccc(OCCC(C)Oc2ccc(Cl)cc2Oc2ccc(F)cc2C)cc1CC. The molecule has 198 valence electrons. The third-order valence-electron chi connectivity index (χ3n) is 5.85. The van der Waals surface area contributed by atoms with Crippen molar-refractivity contribution in [3.05, 3.63) is 82.1 Å². The minimum atomic E-state index is -0.321. The van der Waals surface area contributed by atoms with Crippen molar-refractivity contribution in [2.24, 2.45) is 0 Å². The number of esters is 1. The lowest BCUT2D eigenvalue weighted by Crippen LogP contribution is -2.16. The highest BCUT2D eigenvalue weighted by Gasteiger charge is 2.14. The molecule has 0 aromatic heterocycles. The molecule has 0 radical (unpaired) electrons. The van der Waals surface area contributed by atoms with Gasteiger partial charge in [-0.2, -0.15) is 0 Å². The molecule has 0 saturated heterocycles. The molecule has 1 atom stereocenters. The van der Waals surface area contributed by atoms with Gasteiger partial charge in [0.15, 0.2) is 11.5 Å². The van der Waals surface area contributed by atoms with Gasteiger partial charge < -0.3 is 18.9 Å². The third-order valence-corrected chi connectivity index (χ3v) is 6.08. The van der Waals surface area contributed by atoms with E-state index in [0.717, 1.165) is 23.3 Å². The Morgan fingerprint density at radius 3 is 2.49 bits per heavy atom. The fourth-order valence-corrected chi connectivity index (χ4v) is 4.02. The Bertz CT molecular complexity index is 1200. The van der Waals surface area contributed by atoms with Crippen molar-refractivity contribution in [3.63, 3.8) is 0 Å². The highest BCUT2D eigenvalue weighted by Crippen LogP contribution is 2.36. The molecule has 0 heterocycles. The van der Waals surface area contributed by atoms with Crippen LogP contribution in [0.4, 0.5) is 4.39 Å². The maximum absolute atomic E-state index is 13.5. The third kappa shape index (κ3) is 8.67. The minimum absolute atomic E-state index is 0.160. The lowest BCUT2D eigenvalue weighted by molar-refractivity contribution is -0.143. The molecule has 3 aromatic carbocycles. The molecule has 0 amide bonds. The summed E-state index contributed by atoms with van der Waals surface area (Å²) in [6.07, 6.45) is 2.35. The van der Waals surface area contributed by atoms with E-state index in [9.17, 15) is 9.18 Å². The normalized spacial score (nSPS) is 11.6.